The zero-order valence-electron chi connectivity index (χ0n) is 17.3. The van der Waals surface area contributed by atoms with Gasteiger partial charge in [0.25, 0.3) is 5.91 Å². The van der Waals surface area contributed by atoms with Crippen LogP contribution in [0.25, 0.3) is 11.0 Å². The lowest BCUT2D eigenvalue weighted by atomic mass is 9.89. The van der Waals surface area contributed by atoms with Gasteiger partial charge in [0.15, 0.2) is 0 Å². The van der Waals surface area contributed by atoms with E-state index in [-0.39, 0.29) is 17.8 Å². The van der Waals surface area contributed by atoms with Crippen molar-refractivity contribution in [3.8, 4) is 6.01 Å². The third-order valence-corrected chi connectivity index (χ3v) is 6.11. The molecule has 5 rings (SSSR count). The second kappa shape index (κ2) is 8.50. The minimum atomic E-state index is -0.591. The van der Waals surface area contributed by atoms with Gasteiger partial charge in [-0.1, -0.05) is 0 Å². The van der Waals surface area contributed by atoms with Crippen molar-refractivity contribution in [2.45, 2.75) is 37.7 Å². The maximum atomic E-state index is 11.8. The lowest BCUT2D eigenvalue weighted by Gasteiger charge is -2.33. The molecule has 5 heterocycles. The van der Waals surface area contributed by atoms with Crippen LogP contribution in [-0.4, -0.2) is 58.3 Å². The molecule has 3 aromatic rings. The first-order chi connectivity index (χ1) is 15.2. The summed E-state index contributed by atoms with van der Waals surface area (Å²) in [5.74, 6) is 0.527. The summed E-state index contributed by atoms with van der Waals surface area (Å²) in [5, 5.41) is 1.18. The fourth-order valence-electron chi connectivity index (χ4n) is 4.44. The molecule has 1 amide bonds. The average molecular weight is 422 g/mol. The zero-order valence-corrected chi connectivity index (χ0v) is 17.3. The summed E-state index contributed by atoms with van der Waals surface area (Å²) in [6, 6.07) is 5.91. The van der Waals surface area contributed by atoms with E-state index in [0.717, 1.165) is 51.0 Å². The number of H-pyrrole nitrogens is 1. The number of fused-ring (bicyclic) bond motifs is 1. The number of anilines is 1. The molecule has 2 aliphatic heterocycles. The molecule has 1 atom stereocenters. The number of primary amides is 1. The number of piperidine rings is 1. The van der Waals surface area contributed by atoms with Gasteiger partial charge in [0, 0.05) is 43.5 Å². The van der Waals surface area contributed by atoms with E-state index in [2.05, 4.69) is 37.1 Å². The Hall–Kier alpha value is -3.20. The van der Waals surface area contributed by atoms with Crippen LogP contribution in [0.4, 0.5) is 5.82 Å². The Kier molecular flexibility index (Phi) is 5.42. The van der Waals surface area contributed by atoms with E-state index in [1.165, 1.54) is 10.9 Å². The van der Waals surface area contributed by atoms with Crippen molar-refractivity contribution < 1.29 is 14.3 Å². The van der Waals surface area contributed by atoms with Crippen molar-refractivity contribution >= 4 is 22.8 Å². The number of rotatable bonds is 6. The Labute approximate surface area is 180 Å². The lowest BCUT2D eigenvalue weighted by molar-refractivity contribution is 0.0644. The summed E-state index contributed by atoms with van der Waals surface area (Å²) in [6.07, 6.45) is 7.86. The Balaban J connectivity index is 1.30. The Bertz CT molecular complexity index is 1070. The summed E-state index contributed by atoms with van der Waals surface area (Å²) in [6.45, 7) is 2.76. The van der Waals surface area contributed by atoms with Crippen molar-refractivity contribution in [3.63, 3.8) is 0 Å². The van der Waals surface area contributed by atoms with Gasteiger partial charge in [-0.05, 0) is 49.3 Å². The Morgan fingerprint density at radius 3 is 2.94 bits per heavy atom. The maximum Gasteiger partial charge on any atom is 0.319 e. The number of nitrogens with one attached hydrogen (secondary N) is 1. The van der Waals surface area contributed by atoms with Crippen LogP contribution >= 0.6 is 0 Å². The summed E-state index contributed by atoms with van der Waals surface area (Å²) in [4.78, 5) is 30.4. The number of ether oxygens (including phenoxy) is 2. The number of aromatic amines is 1. The smallest absolute Gasteiger partial charge is 0.319 e. The maximum absolute atomic E-state index is 11.8. The molecule has 2 fully saturated rings. The first kappa shape index (κ1) is 19.7. The van der Waals surface area contributed by atoms with Crippen LogP contribution in [0.5, 0.6) is 6.01 Å². The number of hydrogen-bond acceptors (Lipinski definition) is 7. The fraction of sp³-hybridized carbons (Fsp3) is 0.455. The highest BCUT2D eigenvalue weighted by Gasteiger charge is 2.25. The van der Waals surface area contributed by atoms with Crippen molar-refractivity contribution in [2.75, 3.05) is 31.2 Å². The molecule has 0 spiro atoms. The molecular formula is C22H26N6O3. The first-order valence-electron chi connectivity index (χ1n) is 10.8. The molecule has 0 radical (unpaired) electrons. The fourth-order valence-corrected chi connectivity index (χ4v) is 4.44. The van der Waals surface area contributed by atoms with E-state index in [1.54, 1.807) is 12.3 Å². The molecule has 0 aromatic carbocycles. The first-order valence-corrected chi connectivity index (χ1v) is 10.8. The molecule has 2 aliphatic rings. The van der Waals surface area contributed by atoms with Crippen LogP contribution in [0.3, 0.4) is 0 Å². The van der Waals surface area contributed by atoms with Gasteiger partial charge >= 0.3 is 6.01 Å². The van der Waals surface area contributed by atoms with Crippen molar-refractivity contribution in [2.24, 2.45) is 5.73 Å². The number of aromatic nitrogens is 4. The molecule has 3 aromatic heterocycles. The van der Waals surface area contributed by atoms with Gasteiger partial charge < -0.3 is 25.1 Å². The quantitative estimate of drug-likeness (QED) is 0.626. The number of hydrogen-bond donors (Lipinski definition) is 2. The minimum Gasteiger partial charge on any atom is -0.461 e. The van der Waals surface area contributed by atoms with Gasteiger partial charge in [0.1, 0.15) is 23.8 Å². The van der Waals surface area contributed by atoms with E-state index in [4.69, 9.17) is 15.2 Å². The molecule has 3 N–H and O–H groups in total. The Morgan fingerprint density at radius 2 is 2.16 bits per heavy atom. The van der Waals surface area contributed by atoms with Gasteiger partial charge in [0.2, 0.25) is 0 Å². The van der Waals surface area contributed by atoms with Crippen LogP contribution in [-0.2, 0) is 4.74 Å². The highest BCUT2D eigenvalue weighted by molar-refractivity contribution is 5.91. The Morgan fingerprint density at radius 1 is 1.29 bits per heavy atom. The second-order valence-electron chi connectivity index (χ2n) is 8.11. The third-order valence-electron chi connectivity index (χ3n) is 6.11. The molecule has 31 heavy (non-hydrogen) atoms. The monoisotopic (exact) mass is 422 g/mol. The van der Waals surface area contributed by atoms with E-state index in [0.29, 0.717) is 18.3 Å². The topological polar surface area (TPSA) is 119 Å². The van der Waals surface area contributed by atoms with Crippen LogP contribution in [0, 0.1) is 0 Å². The SMILES string of the molecule is NC(=O)c1cc(N2CCC(c3c[nH]c4ncccc34)CC2)nc(OC[C@H]2CCCO2)n1. The number of pyridine rings is 1. The van der Waals surface area contributed by atoms with Crippen LogP contribution in [0.2, 0.25) is 0 Å². The van der Waals surface area contributed by atoms with Crippen molar-refractivity contribution in [3.05, 3.63) is 41.9 Å². The molecule has 9 heteroatoms. The predicted molar refractivity (Wildman–Crippen MR) is 115 cm³/mol. The summed E-state index contributed by atoms with van der Waals surface area (Å²) in [5.41, 5.74) is 7.90. The largest absolute Gasteiger partial charge is 0.461 e. The summed E-state index contributed by atoms with van der Waals surface area (Å²) < 4.78 is 11.3. The van der Waals surface area contributed by atoms with E-state index >= 15 is 0 Å². The molecule has 0 bridgehead atoms. The lowest BCUT2D eigenvalue weighted by Crippen LogP contribution is -2.34. The van der Waals surface area contributed by atoms with Gasteiger partial charge in [-0.2, -0.15) is 9.97 Å². The van der Waals surface area contributed by atoms with Crippen LogP contribution < -0.4 is 15.4 Å². The van der Waals surface area contributed by atoms with Crippen molar-refractivity contribution in [1.29, 1.82) is 0 Å². The number of amides is 1. The number of nitrogens with two attached hydrogens (primary N) is 1. The molecule has 0 unspecified atom stereocenters. The molecular weight excluding hydrogens is 396 g/mol. The number of carbonyl (C=O) groups is 1. The number of carbonyl (C=O) groups excluding carboxylic acids is 1. The van der Waals surface area contributed by atoms with Gasteiger partial charge in [-0.15, -0.1) is 0 Å². The predicted octanol–water partition coefficient (Wildman–Crippen LogP) is 2.39. The summed E-state index contributed by atoms with van der Waals surface area (Å²) in [7, 11) is 0. The standard InChI is InChI=1S/C22H26N6O3/c23-20(29)18-11-19(27-22(26-18)31-13-15-3-2-10-30-15)28-8-5-14(6-9-28)17-12-25-21-16(17)4-1-7-24-21/h1,4,7,11-12,14-15H,2-3,5-6,8-10,13H2,(H2,23,29)(H,24,25)/t15-/m1/s1. The van der Waals surface area contributed by atoms with E-state index < -0.39 is 5.91 Å². The number of nitrogens with zero attached hydrogens (tertiary/aromatic N) is 4. The van der Waals surface area contributed by atoms with Crippen molar-refractivity contribution in [1.82, 2.24) is 19.9 Å². The van der Waals surface area contributed by atoms with Gasteiger partial charge in [0.05, 0.1) is 6.10 Å². The van der Waals surface area contributed by atoms with E-state index in [9.17, 15) is 4.79 Å². The highest BCUT2D eigenvalue weighted by Crippen LogP contribution is 2.34. The highest BCUT2D eigenvalue weighted by atomic mass is 16.5. The van der Waals surface area contributed by atoms with Gasteiger partial charge in [-0.3, -0.25) is 4.79 Å². The molecule has 2 saturated heterocycles. The zero-order chi connectivity index (χ0) is 21.2. The van der Waals surface area contributed by atoms with Crippen LogP contribution in [0.15, 0.2) is 30.6 Å². The minimum absolute atomic E-state index is 0.0469. The van der Waals surface area contributed by atoms with E-state index in [1.807, 2.05) is 6.07 Å². The third kappa shape index (κ3) is 4.18. The second-order valence-corrected chi connectivity index (χ2v) is 8.11. The molecule has 0 saturated carbocycles. The summed E-state index contributed by atoms with van der Waals surface area (Å²) >= 11 is 0. The van der Waals surface area contributed by atoms with Gasteiger partial charge in [-0.25, -0.2) is 4.98 Å². The molecule has 9 nitrogen and oxygen atoms in total. The average Bonchev–Trinajstić information content (AvgIpc) is 3.47. The normalized spacial score (nSPS) is 19.7. The van der Waals surface area contributed by atoms with Crippen LogP contribution in [0.1, 0.15) is 47.7 Å². The molecule has 0 aliphatic carbocycles. The molecule has 162 valence electrons.